The zero-order valence-electron chi connectivity index (χ0n) is 22.7. The molecule has 0 aromatic heterocycles. The summed E-state index contributed by atoms with van der Waals surface area (Å²) in [5, 5.41) is 0. The molecule has 0 saturated carbocycles. The molecule has 0 aliphatic heterocycles. The molecule has 0 N–H and O–H groups in total. The van der Waals surface area contributed by atoms with Crippen molar-refractivity contribution >= 4 is 0 Å². The van der Waals surface area contributed by atoms with Crippen molar-refractivity contribution in [3.8, 4) is 0 Å². The summed E-state index contributed by atoms with van der Waals surface area (Å²) in [5.41, 5.74) is 1.37. The minimum absolute atomic E-state index is 1.03. The molecule has 0 atom stereocenters. The van der Waals surface area contributed by atoms with Gasteiger partial charge in [0.2, 0.25) is 0 Å². The summed E-state index contributed by atoms with van der Waals surface area (Å²) in [5.74, 6) is 0. The van der Waals surface area contributed by atoms with Gasteiger partial charge in [0.25, 0.3) is 0 Å². The monoisotopic (exact) mass is 445 g/mol. The maximum absolute atomic E-state index is 2.30. The molecule has 0 saturated heterocycles. The molecule has 0 fully saturated rings. The molecule has 0 amide bonds. The predicted molar refractivity (Wildman–Crippen MR) is 148 cm³/mol. The van der Waals surface area contributed by atoms with E-state index >= 15 is 0 Å². The molecule has 0 aliphatic rings. The summed E-state index contributed by atoms with van der Waals surface area (Å²) >= 11 is 0. The molecule has 0 radical (unpaired) electrons. The molecule has 188 valence electrons. The average Bonchev–Trinajstić information content (AvgIpc) is 2.79. The summed E-state index contributed by atoms with van der Waals surface area (Å²) < 4.78 is 0. The lowest BCUT2D eigenvalue weighted by molar-refractivity contribution is 0.402. The molecule has 1 aromatic rings. The first-order chi connectivity index (χ1) is 15.7. The fraction of sp³-hybridized carbons (Fsp3) is 0.806. The van der Waals surface area contributed by atoms with Gasteiger partial charge in [0.15, 0.2) is 0 Å². The fourth-order valence-corrected chi connectivity index (χ4v) is 4.28. The van der Waals surface area contributed by atoms with E-state index in [2.05, 4.69) is 57.1 Å². The summed E-state index contributed by atoms with van der Waals surface area (Å²) in [7, 11) is 4.15. The van der Waals surface area contributed by atoms with Crippen LogP contribution in [-0.4, -0.2) is 19.0 Å². The van der Waals surface area contributed by atoms with Crippen molar-refractivity contribution in [1.82, 2.24) is 4.90 Å². The highest BCUT2D eigenvalue weighted by Crippen LogP contribution is 2.14. The van der Waals surface area contributed by atoms with E-state index in [1.165, 1.54) is 134 Å². The number of rotatable bonds is 21. The smallest absolute Gasteiger partial charge is 0.0227 e. The Morgan fingerprint density at radius 1 is 0.438 bits per heavy atom. The SMILES string of the molecule is CCCCCCCCCCCCCCCCCCCCCC.CN(C)Cc1ccccc1. The zero-order chi connectivity index (χ0) is 23.5. The number of hydrogen-bond donors (Lipinski definition) is 0. The van der Waals surface area contributed by atoms with E-state index in [1.807, 2.05) is 6.07 Å². The highest BCUT2D eigenvalue weighted by Gasteiger charge is 1.95. The van der Waals surface area contributed by atoms with Gasteiger partial charge in [0.05, 0.1) is 0 Å². The second-order valence-corrected chi connectivity index (χ2v) is 10.1. The molecule has 0 unspecified atom stereocenters. The third kappa shape index (κ3) is 25.4. The first kappa shape index (κ1) is 31.2. The van der Waals surface area contributed by atoms with E-state index in [0.29, 0.717) is 0 Å². The summed E-state index contributed by atoms with van der Waals surface area (Å²) in [6.45, 7) is 5.63. The van der Waals surface area contributed by atoms with Crippen LogP contribution < -0.4 is 0 Å². The van der Waals surface area contributed by atoms with Crippen LogP contribution >= 0.6 is 0 Å². The number of nitrogens with zero attached hydrogens (tertiary/aromatic N) is 1. The van der Waals surface area contributed by atoms with Gasteiger partial charge in [-0.05, 0) is 19.7 Å². The molecule has 32 heavy (non-hydrogen) atoms. The Morgan fingerprint density at radius 2 is 0.719 bits per heavy atom. The van der Waals surface area contributed by atoms with Gasteiger partial charge >= 0.3 is 0 Å². The van der Waals surface area contributed by atoms with Crippen LogP contribution in [0.5, 0.6) is 0 Å². The van der Waals surface area contributed by atoms with E-state index in [4.69, 9.17) is 0 Å². The van der Waals surface area contributed by atoms with Crippen LogP contribution in [0.1, 0.15) is 148 Å². The normalized spacial score (nSPS) is 10.9. The topological polar surface area (TPSA) is 3.24 Å². The lowest BCUT2D eigenvalue weighted by Crippen LogP contribution is -2.10. The summed E-state index contributed by atoms with van der Waals surface area (Å²) in [6, 6.07) is 10.5. The maximum Gasteiger partial charge on any atom is 0.0227 e. The van der Waals surface area contributed by atoms with Crippen molar-refractivity contribution in [3.05, 3.63) is 35.9 Å². The van der Waals surface area contributed by atoms with Gasteiger partial charge in [-0.15, -0.1) is 0 Å². The largest absolute Gasteiger partial charge is 0.305 e. The Balaban J connectivity index is 0.000000792. The van der Waals surface area contributed by atoms with Crippen LogP contribution in [0, 0.1) is 0 Å². The summed E-state index contributed by atoms with van der Waals surface area (Å²) in [4.78, 5) is 2.16. The summed E-state index contributed by atoms with van der Waals surface area (Å²) in [6.07, 6.45) is 29.4. The lowest BCUT2D eigenvalue weighted by Gasteiger charge is -2.08. The number of benzene rings is 1. The van der Waals surface area contributed by atoms with Crippen LogP contribution in [-0.2, 0) is 6.54 Å². The van der Waals surface area contributed by atoms with E-state index in [-0.39, 0.29) is 0 Å². The molecule has 0 spiro atoms. The quantitative estimate of drug-likeness (QED) is 0.170. The second kappa shape index (κ2) is 26.4. The Morgan fingerprint density at radius 3 is 0.969 bits per heavy atom. The highest BCUT2D eigenvalue weighted by atomic mass is 15.0. The van der Waals surface area contributed by atoms with Crippen molar-refractivity contribution in [2.45, 2.75) is 149 Å². The highest BCUT2D eigenvalue weighted by molar-refractivity contribution is 5.14. The van der Waals surface area contributed by atoms with Crippen LogP contribution in [0.3, 0.4) is 0 Å². The number of hydrogen-bond acceptors (Lipinski definition) is 1. The van der Waals surface area contributed by atoms with Gasteiger partial charge in [0, 0.05) is 6.54 Å². The molecule has 1 aromatic carbocycles. The van der Waals surface area contributed by atoms with Crippen LogP contribution in [0.2, 0.25) is 0 Å². The Hall–Kier alpha value is -0.820. The molecule has 0 aliphatic carbocycles. The van der Waals surface area contributed by atoms with Crippen molar-refractivity contribution in [2.24, 2.45) is 0 Å². The Bertz CT molecular complexity index is 419. The molecule has 0 bridgehead atoms. The van der Waals surface area contributed by atoms with E-state index < -0.39 is 0 Å². The van der Waals surface area contributed by atoms with Crippen LogP contribution in [0.15, 0.2) is 30.3 Å². The zero-order valence-corrected chi connectivity index (χ0v) is 22.7. The average molecular weight is 446 g/mol. The minimum atomic E-state index is 1.03. The number of unbranched alkanes of at least 4 members (excludes halogenated alkanes) is 19. The first-order valence-electron chi connectivity index (χ1n) is 14.4. The second-order valence-electron chi connectivity index (χ2n) is 10.1. The van der Waals surface area contributed by atoms with Gasteiger partial charge in [-0.1, -0.05) is 173 Å². The van der Waals surface area contributed by atoms with Gasteiger partial charge in [0.1, 0.15) is 0 Å². The van der Waals surface area contributed by atoms with Crippen molar-refractivity contribution < 1.29 is 0 Å². The van der Waals surface area contributed by atoms with Gasteiger partial charge in [-0.25, -0.2) is 0 Å². The van der Waals surface area contributed by atoms with Gasteiger partial charge in [-0.2, -0.15) is 0 Å². The maximum atomic E-state index is 2.30. The third-order valence-corrected chi connectivity index (χ3v) is 6.30. The fourth-order valence-electron chi connectivity index (χ4n) is 4.28. The first-order valence-corrected chi connectivity index (χ1v) is 14.4. The molecule has 1 heteroatoms. The van der Waals surface area contributed by atoms with E-state index in [0.717, 1.165) is 6.54 Å². The van der Waals surface area contributed by atoms with E-state index in [1.54, 1.807) is 0 Å². The molecule has 1 nitrogen and oxygen atoms in total. The molecular formula is C31H59N. The Kier molecular flexibility index (Phi) is 25.8. The standard InChI is InChI=1S/C22H46.C9H13N/c1-3-5-7-9-11-13-15-17-19-21-22-20-18-16-14-12-10-8-6-4-2;1-10(2)8-9-6-4-3-5-7-9/h3-22H2,1-2H3;3-7H,8H2,1-2H3. The molecular weight excluding hydrogens is 386 g/mol. The van der Waals surface area contributed by atoms with Crippen LogP contribution in [0.4, 0.5) is 0 Å². The predicted octanol–water partition coefficient (Wildman–Crippen LogP) is 10.6. The van der Waals surface area contributed by atoms with Gasteiger partial charge < -0.3 is 4.90 Å². The third-order valence-electron chi connectivity index (χ3n) is 6.30. The van der Waals surface area contributed by atoms with Crippen molar-refractivity contribution in [3.63, 3.8) is 0 Å². The molecule has 0 heterocycles. The van der Waals surface area contributed by atoms with Crippen molar-refractivity contribution in [2.75, 3.05) is 14.1 Å². The molecule has 1 rings (SSSR count). The van der Waals surface area contributed by atoms with E-state index in [9.17, 15) is 0 Å². The van der Waals surface area contributed by atoms with Gasteiger partial charge in [-0.3, -0.25) is 0 Å². The van der Waals surface area contributed by atoms with Crippen molar-refractivity contribution in [1.29, 1.82) is 0 Å². The minimum Gasteiger partial charge on any atom is -0.305 e. The van der Waals surface area contributed by atoms with Crippen LogP contribution in [0.25, 0.3) is 0 Å². The Labute approximate surface area is 203 Å². The lowest BCUT2D eigenvalue weighted by atomic mass is 10.0.